The fourth-order valence-corrected chi connectivity index (χ4v) is 3.29. The molecule has 1 unspecified atom stereocenters. The number of hydrazine groups is 1. The van der Waals surface area contributed by atoms with E-state index in [9.17, 15) is 4.79 Å². The quantitative estimate of drug-likeness (QED) is 0.751. The summed E-state index contributed by atoms with van der Waals surface area (Å²) in [4.78, 5) is 12.6. The average molecular weight is 375 g/mol. The van der Waals surface area contributed by atoms with Crippen LogP contribution in [-0.4, -0.2) is 19.1 Å². The van der Waals surface area contributed by atoms with Gasteiger partial charge in [-0.2, -0.15) is 5.11 Å². The number of carbonyl (C=O) groups excluding carboxylic acids is 1. The number of benzene rings is 1. The molecule has 1 aliphatic rings. The predicted octanol–water partition coefficient (Wildman–Crippen LogP) is 4.72. The number of rotatable bonds is 3. The Morgan fingerprint density at radius 2 is 1.67 bits per heavy atom. The van der Waals surface area contributed by atoms with Gasteiger partial charge in [-0.05, 0) is 31.2 Å². The highest BCUT2D eigenvalue weighted by molar-refractivity contribution is 5.72. The molecule has 0 saturated carbocycles. The van der Waals surface area contributed by atoms with Crippen LogP contribution in [0.2, 0.25) is 0 Å². The van der Waals surface area contributed by atoms with E-state index in [4.69, 9.17) is 4.74 Å². The van der Waals surface area contributed by atoms with Gasteiger partial charge in [0.2, 0.25) is 0 Å². The number of nitrogens with zero attached hydrogens (tertiary/aromatic N) is 2. The Morgan fingerprint density at radius 1 is 0.963 bits per heavy atom. The zero-order valence-electron chi connectivity index (χ0n) is 16.4. The first-order chi connectivity index (χ1) is 13.4. The highest BCUT2D eigenvalue weighted by Gasteiger charge is 2.19. The molecule has 1 aromatic carbocycles. The van der Waals surface area contributed by atoms with Crippen molar-refractivity contribution in [3.8, 4) is 0 Å². The van der Waals surface area contributed by atoms with Crippen molar-refractivity contribution in [2.24, 2.45) is 16.3 Å². The van der Waals surface area contributed by atoms with Crippen molar-refractivity contribution in [1.29, 1.82) is 0 Å². The minimum Gasteiger partial charge on any atom is -0.461 e. The molecule has 6 nitrogen and oxygen atoms in total. The van der Waals surface area contributed by atoms with Crippen LogP contribution in [0.1, 0.15) is 69.8 Å². The van der Waals surface area contributed by atoms with Crippen LogP contribution < -0.4 is 11.0 Å². The molecule has 6 heteroatoms. The lowest BCUT2D eigenvalue weighted by molar-refractivity contribution is -0.150. The molecule has 2 rings (SSSR count). The minimum atomic E-state index is -0.0516. The van der Waals surface area contributed by atoms with Crippen molar-refractivity contribution in [2.45, 2.75) is 70.8 Å². The largest absolute Gasteiger partial charge is 0.461 e. The van der Waals surface area contributed by atoms with Crippen LogP contribution in [0.5, 0.6) is 0 Å². The van der Waals surface area contributed by atoms with Gasteiger partial charge in [0.25, 0.3) is 0 Å². The van der Waals surface area contributed by atoms with Crippen molar-refractivity contribution in [1.82, 2.24) is 11.0 Å². The van der Waals surface area contributed by atoms with E-state index in [1.807, 2.05) is 30.3 Å². The standard InChI is InChI=1S/C21H34N4O2/c26-21(27-18-19-12-6-5-7-13-19)20-14-8-3-1-2-4-10-16-22-24-25-23-17-11-9-15-20/h5-7,12-13,20H,1-4,8-11,14-18H2,(H,22,25)(H,23,24). The van der Waals surface area contributed by atoms with Crippen LogP contribution in [0.3, 0.4) is 0 Å². The van der Waals surface area contributed by atoms with Gasteiger partial charge >= 0.3 is 5.97 Å². The normalized spacial score (nSPS) is 21.0. The van der Waals surface area contributed by atoms with Gasteiger partial charge in [0.05, 0.1) is 12.5 Å². The maximum Gasteiger partial charge on any atom is 0.309 e. The summed E-state index contributed by atoms with van der Waals surface area (Å²) < 4.78 is 5.59. The molecule has 0 radical (unpaired) electrons. The summed E-state index contributed by atoms with van der Waals surface area (Å²) in [6.07, 6.45) is 10.8. The Morgan fingerprint density at radius 3 is 2.48 bits per heavy atom. The van der Waals surface area contributed by atoms with E-state index in [0.717, 1.165) is 50.6 Å². The third kappa shape index (κ3) is 10.1. The molecule has 0 amide bonds. The van der Waals surface area contributed by atoms with Gasteiger partial charge in [-0.15, -0.1) is 0 Å². The van der Waals surface area contributed by atoms with Crippen molar-refractivity contribution >= 4 is 5.97 Å². The first-order valence-corrected chi connectivity index (χ1v) is 10.4. The molecule has 1 heterocycles. The number of esters is 1. The summed E-state index contributed by atoms with van der Waals surface area (Å²) in [5.41, 5.74) is 6.87. The van der Waals surface area contributed by atoms with E-state index in [1.54, 1.807) is 0 Å². The summed E-state index contributed by atoms with van der Waals surface area (Å²) in [5.74, 6) is -0.0506. The lowest BCUT2D eigenvalue weighted by atomic mass is 9.95. The topological polar surface area (TPSA) is 75.1 Å². The highest BCUT2D eigenvalue weighted by atomic mass is 16.5. The van der Waals surface area contributed by atoms with Gasteiger partial charge in [-0.25, -0.2) is 11.0 Å². The fraction of sp³-hybridized carbons (Fsp3) is 0.667. The molecule has 0 fully saturated rings. The summed E-state index contributed by atoms with van der Waals surface area (Å²) in [7, 11) is 0. The van der Waals surface area contributed by atoms with Crippen molar-refractivity contribution in [2.75, 3.05) is 13.1 Å². The van der Waals surface area contributed by atoms with Crippen LogP contribution in [-0.2, 0) is 16.1 Å². The fourth-order valence-electron chi connectivity index (χ4n) is 3.29. The molecule has 1 atom stereocenters. The number of nitrogens with one attached hydrogen (secondary N) is 2. The molecule has 27 heavy (non-hydrogen) atoms. The Hall–Kier alpha value is -1.95. The van der Waals surface area contributed by atoms with Crippen molar-refractivity contribution in [3.63, 3.8) is 0 Å². The molecule has 0 spiro atoms. The van der Waals surface area contributed by atoms with E-state index in [2.05, 4.69) is 21.3 Å². The third-order valence-electron chi connectivity index (χ3n) is 4.92. The molecular weight excluding hydrogens is 340 g/mol. The van der Waals surface area contributed by atoms with Gasteiger partial charge in [0.15, 0.2) is 0 Å². The molecule has 1 aliphatic heterocycles. The highest BCUT2D eigenvalue weighted by Crippen LogP contribution is 2.20. The zero-order chi connectivity index (χ0) is 19.0. The van der Waals surface area contributed by atoms with E-state index in [1.165, 1.54) is 25.7 Å². The van der Waals surface area contributed by atoms with Crippen LogP contribution in [0.15, 0.2) is 40.7 Å². The minimum absolute atomic E-state index is 0.00104. The van der Waals surface area contributed by atoms with Gasteiger partial charge in [-0.3, -0.25) is 4.79 Å². The van der Waals surface area contributed by atoms with E-state index >= 15 is 0 Å². The molecule has 1 aromatic rings. The average Bonchev–Trinajstić information content (AvgIpc) is 2.70. The van der Waals surface area contributed by atoms with Crippen LogP contribution in [0.25, 0.3) is 0 Å². The van der Waals surface area contributed by atoms with Gasteiger partial charge < -0.3 is 4.74 Å². The SMILES string of the molecule is O=C(OCc1ccccc1)C1CCCCCCCCNNN=NCCCC1. The second-order valence-corrected chi connectivity index (χ2v) is 7.20. The summed E-state index contributed by atoms with van der Waals surface area (Å²) >= 11 is 0. The first kappa shape index (κ1) is 21.4. The molecule has 0 aliphatic carbocycles. The number of ether oxygens (including phenoxy) is 1. The van der Waals surface area contributed by atoms with E-state index in [0.29, 0.717) is 13.2 Å². The predicted molar refractivity (Wildman–Crippen MR) is 107 cm³/mol. The lowest BCUT2D eigenvalue weighted by Gasteiger charge is -2.16. The van der Waals surface area contributed by atoms with Crippen LogP contribution in [0.4, 0.5) is 0 Å². The molecule has 2 N–H and O–H groups in total. The molecule has 0 aromatic heterocycles. The summed E-state index contributed by atoms with van der Waals surface area (Å²) in [6.45, 7) is 1.96. The summed E-state index contributed by atoms with van der Waals surface area (Å²) in [5, 5.41) is 8.01. The van der Waals surface area contributed by atoms with Crippen LogP contribution in [0, 0.1) is 5.92 Å². The smallest absolute Gasteiger partial charge is 0.309 e. The number of hydrogen-bond acceptors (Lipinski definition) is 6. The monoisotopic (exact) mass is 374 g/mol. The molecule has 150 valence electrons. The van der Waals surface area contributed by atoms with E-state index < -0.39 is 0 Å². The second kappa shape index (κ2) is 14.2. The lowest BCUT2D eigenvalue weighted by Crippen LogP contribution is -2.27. The Bertz CT molecular complexity index is 536. The zero-order valence-corrected chi connectivity index (χ0v) is 16.4. The molecule has 0 saturated heterocycles. The molecular formula is C21H34N4O2. The first-order valence-electron chi connectivity index (χ1n) is 10.4. The van der Waals surface area contributed by atoms with Gasteiger partial charge in [-0.1, -0.05) is 74.1 Å². The van der Waals surface area contributed by atoms with Crippen molar-refractivity contribution in [3.05, 3.63) is 35.9 Å². The maximum absolute atomic E-state index is 12.6. The second-order valence-electron chi connectivity index (χ2n) is 7.20. The maximum atomic E-state index is 12.6. The van der Waals surface area contributed by atoms with Crippen LogP contribution >= 0.6 is 0 Å². The Balaban J connectivity index is 1.79. The third-order valence-corrected chi connectivity index (χ3v) is 4.92. The molecule has 0 bridgehead atoms. The number of carbonyl (C=O) groups is 1. The Kier molecular flexibility index (Phi) is 11.2. The van der Waals surface area contributed by atoms with E-state index in [-0.39, 0.29) is 11.9 Å². The van der Waals surface area contributed by atoms with Crippen molar-refractivity contribution < 1.29 is 9.53 Å². The number of hydrogen-bond donors (Lipinski definition) is 2. The Labute approximate surface area is 163 Å². The van der Waals surface area contributed by atoms with Gasteiger partial charge in [0.1, 0.15) is 6.61 Å². The summed E-state index contributed by atoms with van der Waals surface area (Å²) in [6, 6.07) is 9.89. The van der Waals surface area contributed by atoms with Gasteiger partial charge in [0, 0.05) is 6.54 Å².